The molecule has 0 atom stereocenters. The lowest BCUT2D eigenvalue weighted by atomic mass is 10.1. The van der Waals surface area contributed by atoms with Crippen LogP contribution in [0, 0.1) is 0 Å². The molecular formula is C24H32N4O. The molecule has 154 valence electrons. The molecule has 0 bridgehead atoms. The predicted octanol–water partition coefficient (Wildman–Crippen LogP) is 5.44. The van der Waals surface area contributed by atoms with Gasteiger partial charge in [0.2, 0.25) is 0 Å². The minimum Gasteiger partial charge on any atom is -0.370 e. The molecule has 0 radical (unpaired) electrons. The zero-order chi connectivity index (χ0) is 21.1. The Balaban J connectivity index is 2.29. The van der Waals surface area contributed by atoms with E-state index in [1.807, 2.05) is 13.0 Å². The summed E-state index contributed by atoms with van der Waals surface area (Å²) < 4.78 is 5.05. The summed E-state index contributed by atoms with van der Waals surface area (Å²) in [4.78, 5) is 2.25. The SMILES string of the molecule is C\C=C/C(/C=C/c1ccc(N(CC)CC)c2nonc12)=C\C=C\C(C)=C\CCN. The lowest BCUT2D eigenvalue weighted by molar-refractivity contribution is 0.315. The van der Waals surface area contributed by atoms with Crippen LogP contribution in [0.3, 0.4) is 0 Å². The molecule has 2 N–H and O–H groups in total. The Kier molecular flexibility index (Phi) is 9.12. The van der Waals surface area contributed by atoms with Crippen molar-refractivity contribution in [1.82, 2.24) is 10.3 Å². The van der Waals surface area contributed by atoms with Crippen molar-refractivity contribution < 1.29 is 4.63 Å². The number of fused-ring (bicyclic) bond motifs is 1. The zero-order valence-corrected chi connectivity index (χ0v) is 17.9. The second-order valence-electron chi connectivity index (χ2n) is 6.69. The fourth-order valence-corrected chi connectivity index (χ4v) is 3.06. The third-order valence-electron chi connectivity index (χ3n) is 4.62. The van der Waals surface area contributed by atoms with Gasteiger partial charge in [-0.25, -0.2) is 4.63 Å². The van der Waals surface area contributed by atoms with Gasteiger partial charge < -0.3 is 10.6 Å². The third-order valence-corrected chi connectivity index (χ3v) is 4.62. The molecule has 5 nitrogen and oxygen atoms in total. The molecule has 0 fully saturated rings. The van der Waals surface area contributed by atoms with Gasteiger partial charge in [-0.3, -0.25) is 0 Å². The van der Waals surface area contributed by atoms with Crippen LogP contribution in [0.1, 0.15) is 39.7 Å². The summed E-state index contributed by atoms with van der Waals surface area (Å²) in [5, 5.41) is 8.27. The Morgan fingerprint density at radius 1 is 1.10 bits per heavy atom. The summed E-state index contributed by atoms with van der Waals surface area (Å²) in [6.07, 6.45) is 17.5. The number of rotatable bonds is 10. The summed E-state index contributed by atoms with van der Waals surface area (Å²) in [7, 11) is 0. The molecule has 0 aliphatic rings. The van der Waals surface area contributed by atoms with Gasteiger partial charge in [0.05, 0.1) is 5.69 Å². The molecule has 2 rings (SSSR count). The number of nitrogens with two attached hydrogens (primary N) is 1. The number of hydrogen-bond acceptors (Lipinski definition) is 5. The number of nitrogens with zero attached hydrogens (tertiary/aromatic N) is 3. The highest BCUT2D eigenvalue weighted by Crippen LogP contribution is 2.28. The van der Waals surface area contributed by atoms with Crippen LogP contribution in [-0.4, -0.2) is 29.9 Å². The van der Waals surface area contributed by atoms with Crippen molar-refractivity contribution in [3.8, 4) is 0 Å². The molecular weight excluding hydrogens is 360 g/mol. The van der Waals surface area contributed by atoms with Crippen molar-refractivity contribution >= 4 is 22.8 Å². The Morgan fingerprint density at radius 3 is 2.55 bits per heavy atom. The summed E-state index contributed by atoms with van der Waals surface area (Å²) in [6.45, 7) is 10.8. The highest BCUT2D eigenvalue weighted by atomic mass is 16.6. The number of aromatic nitrogens is 2. The van der Waals surface area contributed by atoms with E-state index in [0.717, 1.165) is 47.4 Å². The van der Waals surface area contributed by atoms with Gasteiger partial charge in [-0.2, -0.15) is 0 Å². The quantitative estimate of drug-likeness (QED) is 0.546. The molecule has 0 spiro atoms. The lowest BCUT2D eigenvalue weighted by Gasteiger charge is -2.20. The molecule has 0 saturated carbocycles. The van der Waals surface area contributed by atoms with Crippen molar-refractivity contribution in [3.05, 3.63) is 71.4 Å². The minimum absolute atomic E-state index is 0.673. The standard InChI is InChI=1S/C24H32N4O/c1-5-10-20(13-8-11-19(4)12-9-18-25)14-15-21-16-17-22(28(6-2)7-3)24-23(21)26-29-27-24/h5,8,10-17H,6-7,9,18,25H2,1-4H3/b10-5-,11-8+,15-14+,19-12+,20-13+. The first-order chi connectivity index (χ1) is 14.1. The largest absolute Gasteiger partial charge is 0.370 e. The summed E-state index contributed by atoms with van der Waals surface area (Å²) >= 11 is 0. The first kappa shape index (κ1) is 22.4. The van der Waals surface area contributed by atoms with Gasteiger partial charge in [0.25, 0.3) is 0 Å². The van der Waals surface area contributed by atoms with Gasteiger partial charge in [0, 0.05) is 18.7 Å². The average Bonchev–Trinajstić information content (AvgIpc) is 3.22. The molecule has 29 heavy (non-hydrogen) atoms. The number of allylic oxidation sites excluding steroid dienone is 8. The number of benzene rings is 1. The monoisotopic (exact) mass is 392 g/mol. The van der Waals surface area contributed by atoms with Crippen LogP contribution in [0.5, 0.6) is 0 Å². The van der Waals surface area contributed by atoms with E-state index >= 15 is 0 Å². The van der Waals surface area contributed by atoms with Crippen LogP contribution in [0.15, 0.2) is 70.4 Å². The van der Waals surface area contributed by atoms with Crippen molar-refractivity contribution in [3.63, 3.8) is 0 Å². The van der Waals surface area contributed by atoms with E-state index in [-0.39, 0.29) is 0 Å². The van der Waals surface area contributed by atoms with E-state index in [1.54, 1.807) is 0 Å². The van der Waals surface area contributed by atoms with Crippen LogP contribution < -0.4 is 10.6 Å². The van der Waals surface area contributed by atoms with Crippen LogP contribution >= 0.6 is 0 Å². The normalized spacial score (nSPS) is 13.6. The molecule has 0 unspecified atom stereocenters. The molecule has 1 aromatic heterocycles. The topological polar surface area (TPSA) is 68.2 Å². The van der Waals surface area contributed by atoms with Gasteiger partial charge in [-0.15, -0.1) is 0 Å². The maximum Gasteiger partial charge on any atom is 0.159 e. The number of anilines is 1. The molecule has 2 aromatic rings. The Morgan fingerprint density at radius 2 is 1.86 bits per heavy atom. The van der Waals surface area contributed by atoms with Gasteiger partial charge >= 0.3 is 0 Å². The predicted molar refractivity (Wildman–Crippen MR) is 124 cm³/mol. The Labute approximate surface area is 173 Å². The van der Waals surface area contributed by atoms with Crippen molar-refractivity contribution in [1.29, 1.82) is 0 Å². The van der Waals surface area contributed by atoms with Crippen LogP contribution in [0.25, 0.3) is 17.1 Å². The van der Waals surface area contributed by atoms with E-state index in [1.165, 1.54) is 5.57 Å². The third kappa shape index (κ3) is 6.29. The Hall–Kier alpha value is -2.92. The molecule has 5 heteroatoms. The maximum atomic E-state index is 5.54. The maximum absolute atomic E-state index is 5.54. The summed E-state index contributed by atoms with van der Waals surface area (Å²) in [5.74, 6) is 0. The van der Waals surface area contributed by atoms with E-state index in [9.17, 15) is 0 Å². The molecule has 1 aromatic carbocycles. The van der Waals surface area contributed by atoms with E-state index in [0.29, 0.717) is 6.54 Å². The van der Waals surface area contributed by atoms with Crippen LogP contribution in [0.2, 0.25) is 0 Å². The lowest BCUT2D eigenvalue weighted by Crippen LogP contribution is -2.22. The number of hydrogen-bond donors (Lipinski definition) is 1. The first-order valence-corrected chi connectivity index (χ1v) is 10.2. The highest BCUT2D eigenvalue weighted by molar-refractivity contribution is 5.93. The molecule has 0 amide bonds. The van der Waals surface area contributed by atoms with Crippen molar-refractivity contribution in [2.75, 3.05) is 24.5 Å². The van der Waals surface area contributed by atoms with Gasteiger partial charge in [-0.05, 0) is 62.6 Å². The second kappa shape index (κ2) is 11.8. The van der Waals surface area contributed by atoms with Crippen molar-refractivity contribution in [2.24, 2.45) is 5.73 Å². The molecule has 0 saturated heterocycles. The average molecular weight is 393 g/mol. The highest BCUT2D eigenvalue weighted by Gasteiger charge is 2.13. The van der Waals surface area contributed by atoms with E-state index in [2.05, 4.69) is 90.6 Å². The minimum atomic E-state index is 0.673. The fourth-order valence-electron chi connectivity index (χ4n) is 3.06. The van der Waals surface area contributed by atoms with E-state index in [4.69, 9.17) is 10.4 Å². The Bertz CT molecular complexity index is 928. The van der Waals surface area contributed by atoms with E-state index < -0.39 is 0 Å². The van der Waals surface area contributed by atoms with Crippen LogP contribution in [-0.2, 0) is 0 Å². The molecule has 0 aliphatic heterocycles. The zero-order valence-electron chi connectivity index (χ0n) is 17.9. The molecule has 1 heterocycles. The fraction of sp³-hybridized carbons (Fsp3) is 0.333. The smallest absolute Gasteiger partial charge is 0.159 e. The van der Waals surface area contributed by atoms with Gasteiger partial charge in [-0.1, -0.05) is 60.2 Å². The molecule has 0 aliphatic carbocycles. The summed E-state index contributed by atoms with van der Waals surface area (Å²) in [6, 6.07) is 4.16. The van der Waals surface area contributed by atoms with Gasteiger partial charge in [0.1, 0.15) is 5.52 Å². The van der Waals surface area contributed by atoms with Crippen LogP contribution in [0.4, 0.5) is 5.69 Å². The van der Waals surface area contributed by atoms with Crippen molar-refractivity contribution in [2.45, 2.75) is 34.1 Å². The first-order valence-electron chi connectivity index (χ1n) is 10.2. The summed E-state index contributed by atoms with van der Waals surface area (Å²) in [5.41, 5.74) is 11.5. The second-order valence-corrected chi connectivity index (χ2v) is 6.69. The van der Waals surface area contributed by atoms with Gasteiger partial charge in [0.15, 0.2) is 5.52 Å².